The molecule has 0 aliphatic rings. The van der Waals surface area contributed by atoms with E-state index in [0.717, 1.165) is 4.90 Å². The molecular weight excluding hydrogens is 305 g/mol. The number of halogens is 2. The lowest BCUT2D eigenvalue weighted by Gasteiger charge is -2.15. The van der Waals surface area contributed by atoms with Crippen LogP contribution in [0, 0.1) is 5.92 Å². The van der Waals surface area contributed by atoms with Crippen LogP contribution < -0.4 is 5.32 Å². The van der Waals surface area contributed by atoms with Gasteiger partial charge in [0.1, 0.15) is 0 Å². The summed E-state index contributed by atoms with van der Waals surface area (Å²) in [5, 5.41) is 12.6. The number of hydrogen-bond acceptors (Lipinski definition) is 3. The third-order valence-corrected chi connectivity index (χ3v) is 4.34. The molecule has 0 radical (unpaired) electrons. The highest BCUT2D eigenvalue weighted by Gasteiger charge is 2.16. The lowest BCUT2D eigenvalue weighted by Crippen LogP contribution is -2.34. The summed E-state index contributed by atoms with van der Waals surface area (Å²) in [7, 11) is 0. The maximum atomic E-state index is 11.9. The molecule has 2 unspecified atom stereocenters. The van der Waals surface area contributed by atoms with Crippen molar-refractivity contribution in [3.8, 4) is 0 Å². The van der Waals surface area contributed by atoms with Crippen molar-refractivity contribution in [2.75, 3.05) is 13.2 Å². The number of rotatable bonds is 6. The average molecular weight is 322 g/mol. The molecule has 3 nitrogen and oxygen atoms in total. The van der Waals surface area contributed by atoms with Gasteiger partial charge in [0.15, 0.2) is 0 Å². The summed E-state index contributed by atoms with van der Waals surface area (Å²) < 4.78 is 0. The molecule has 0 bridgehead atoms. The number of aliphatic hydroxyl groups excluding tert-OH is 1. The van der Waals surface area contributed by atoms with E-state index in [-0.39, 0.29) is 23.7 Å². The first-order chi connectivity index (χ1) is 8.93. The van der Waals surface area contributed by atoms with Gasteiger partial charge in [-0.25, -0.2) is 0 Å². The van der Waals surface area contributed by atoms with Crippen molar-refractivity contribution in [1.82, 2.24) is 5.32 Å². The van der Waals surface area contributed by atoms with Crippen LogP contribution in [0.3, 0.4) is 0 Å². The third-order valence-electron chi connectivity index (χ3n) is 2.50. The van der Waals surface area contributed by atoms with E-state index in [1.165, 1.54) is 11.8 Å². The van der Waals surface area contributed by atoms with Crippen molar-refractivity contribution in [2.24, 2.45) is 5.92 Å². The van der Waals surface area contributed by atoms with Gasteiger partial charge in [0, 0.05) is 23.1 Å². The minimum atomic E-state index is -0.276. The van der Waals surface area contributed by atoms with Crippen LogP contribution in [0.1, 0.15) is 13.8 Å². The zero-order valence-electron chi connectivity index (χ0n) is 10.8. The van der Waals surface area contributed by atoms with Gasteiger partial charge in [-0.2, -0.15) is 0 Å². The van der Waals surface area contributed by atoms with Gasteiger partial charge in [0.2, 0.25) is 5.91 Å². The molecule has 6 heteroatoms. The van der Waals surface area contributed by atoms with Crippen LogP contribution >= 0.6 is 35.0 Å². The van der Waals surface area contributed by atoms with Gasteiger partial charge in [-0.05, 0) is 31.0 Å². The molecule has 2 atom stereocenters. The van der Waals surface area contributed by atoms with Crippen LogP contribution in [-0.2, 0) is 4.79 Å². The van der Waals surface area contributed by atoms with E-state index in [1.807, 2.05) is 6.92 Å². The summed E-state index contributed by atoms with van der Waals surface area (Å²) in [4.78, 5) is 12.7. The van der Waals surface area contributed by atoms with E-state index in [2.05, 4.69) is 5.32 Å². The van der Waals surface area contributed by atoms with Crippen molar-refractivity contribution < 1.29 is 9.90 Å². The van der Waals surface area contributed by atoms with Gasteiger partial charge in [0.05, 0.1) is 10.3 Å². The largest absolute Gasteiger partial charge is 0.396 e. The van der Waals surface area contributed by atoms with Crippen molar-refractivity contribution in [3.05, 3.63) is 28.2 Å². The molecular formula is C13H17Cl2NO2S. The standard InChI is InChI=1S/C13H17Cl2NO2S/c1-8(7-17)6-16-13(18)9(2)19-12-5-10(14)3-4-11(12)15/h3-5,8-9,17H,6-7H2,1-2H3,(H,16,18). The highest BCUT2D eigenvalue weighted by Crippen LogP contribution is 2.32. The number of carbonyl (C=O) groups is 1. The number of carbonyl (C=O) groups excluding carboxylic acids is 1. The maximum Gasteiger partial charge on any atom is 0.233 e. The van der Waals surface area contributed by atoms with Crippen LogP contribution in [-0.4, -0.2) is 29.4 Å². The molecule has 0 aliphatic heterocycles. The molecule has 1 amide bonds. The topological polar surface area (TPSA) is 49.3 Å². The Kier molecular flexibility index (Phi) is 7.00. The Morgan fingerprint density at radius 2 is 2.11 bits per heavy atom. The normalized spacial score (nSPS) is 13.9. The number of hydrogen-bond donors (Lipinski definition) is 2. The lowest BCUT2D eigenvalue weighted by atomic mass is 10.2. The number of nitrogens with one attached hydrogen (secondary N) is 1. The Morgan fingerprint density at radius 1 is 1.42 bits per heavy atom. The van der Waals surface area contributed by atoms with E-state index in [0.29, 0.717) is 16.6 Å². The third kappa shape index (κ3) is 5.61. The van der Waals surface area contributed by atoms with Gasteiger partial charge < -0.3 is 10.4 Å². The first-order valence-corrected chi connectivity index (χ1v) is 7.58. The summed E-state index contributed by atoms with van der Waals surface area (Å²) in [6.45, 7) is 4.19. The van der Waals surface area contributed by atoms with Gasteiger partial charge in [-0.3, -0.25) is 4.79 Å². The molecule has 0 fully saturated rings. The van der Waals surface area contributed by atoms with E-state index in [4.69, 9.17) is 28.3 Å². The van der Waals surface area contributed by atoms with Crippen LogP contribution in [0.15, 0.2) is 23.1 Å². The number of benzene rings is 1. The highest BCUT2D eigenvalue weighted by molar-refractivity contribution is 8.00. The Bertz CT molecular complexity index is 443. The highest BCUT2D eigenvalue weighted by atomic mass is 35.5. The zero-order valence-corrected chi connectivity index (χ0v) is 13.1. The van der Waals surface area contributed by atoms with E-state index >= 15 is 0 Å². The van der Waals surface area contributed by atoms with Crippen LogP contribution in [0.4, 0.5) is 0 Å². The molecule has 0 saturated carbocycles. The Hall–Kier alpha value is -0.420. The first-order valence-electron chi connectivity index (χ1n) is 5.94. The summed E-state index contributed by atoms with van der Waals surface area (Å²) in [5.41, 5.74) is 0. The summed E-state index contributed by atoms with van der Waals surface area (Å²) in [6.07, 6.45) is 0. The molecule has 1 rings (SSSR count). The van der Waals surface area contributed by atoms with Crippen LogP contribution in [0.2, 0.25) is 10.0 Å². The van der Waals surface area contributed by atoms with Crippen LogP contribution in [0.5, 0.6) is 0 Å². The molecule has 1 aromatic rings. The predicted octanol–water partition coefficient (Wildman–Crippen LogP) is 3.22. The summed E-state index contributed by atoms with van der Waals surface area (Å²) in [5.74, 6) is -0.0303. The Labute approximate surface area is 127 Å². The molecule has 0 saturated heterocycles. The lowest BCUT2D eigenvalue weighted by molar-refractivity contribution is -0.120. The van der Waals surface area contributed by atoms with Crippen molar-refractivity contribution in [3.63, 3.8) is 0 Å². The van der Waals surface area contributed by atoms with E-state index < -0.39 is 0 Å². The fourth-order valence-corrected chi connectivity index (χ4v) is 2.73. The van der Waals surface area contributed by atoms with Gasteiger partial charge in [-0.1, -0.05) is 30.1 Å². The molecule has 0 aromatic heterocycles. The molecule has 0 aliphatic carbocycles. The quantitative estimate of drug-likeness (QED) is 0.791. The fourth-order valence-electron chi connectivity index (χ4n) is 1.29. The molecule has 0 heterocycles. The Morgan fingerprint density at radius 3 is 2.74 bits per heavy atom. The SMILES string of the molecule is CC(CO)CNC(=O)C(C)Sc1cc(Cl)ccc1Cl. The first kappa shape index (κ1) is 16.6. The number of thioether (sulfide) groups is 1. The van der Waals surface area contributed by atoms with Gasteiger partial charge >= 0.3 is 0 Å². The zero-order chi connectivity index (χ0) is 14.4. The molecule has 19 heavy (non-hydrogen) atoms. The van der Waals surface area contributed by atoms with Gasteiger partial charge in [0.25, 0.3) is 0 Å². The minimum Gasteiger partial charge on any atom is -0.396 e. The van der Waals surface area contributed by atoms with E-state index in [1.54, 1.807) is 25.1 Å². The van der Waals surface area contributed by atoms with Crippen molar-refractivity contribution >= 4 is 40.9 Å². The Balaban J connectivity index is 2.56. The second-order valence-electron chi connectivity index (χ2n) is 4.37. The molecule has 0 spiro atoms. The second kappa shape index (κ2) is 8.00. The number of aliphatic hydroxyl groups is 1. The summed E-state index contributed by atoms with van der Waals surface area (Å²) in [6, 6.07) is 5.17. The minimum absolute atomic E-state index is 0.0518. The molecule has 1 aromatic carbocycles. The number of amides is 1. The average Bonchev–Trinajstić information content (AvgIpc) is 2.39. The summed E-state index contributed by atoms with van der Waals surface area (Å²) >= 11 is 13.3. The van der Waals surface area contributed by atoms with Crippen molar-refractivity contribution in [2.45, 2.75) is 24.0 Å². The van der Waals surface area contributed by atoms with Gasteiger partial charge in [-0.15, -0.1) is 11.8 Å². The monoisotopic (exact) mass is 321 g/mol. The molecule has 106 valence electrons. The fraction of sp³-hybridized carbons (Fsp3) is 0.462. The molecule has 2 N–H and O–H groups in total. The smallest absolute Gasteiger partial charge is 0.233 e. The van der Waals surface area contributed by atoms with Crippen LogP contribution in [0.25, 0.3) is 0 Å². The van der Waals surface area contributed by atoms with E-state index in [9.17, 15) is 4.79 Å². The maximum absolute atomic E-state index is 11.9. The second-order valence-corrected chi connectivity index (χ2v) is 6.59. The van der Waals surface area contributed by atoms with Crippen molar-refractivity contribution in [1.29, 1.82) is 0 Å². The predicted molar refractivity (Wildman–Crippen MR) is 81.0 cm³/mol.